The van der Waals surface area contributed by atoms with Crippen LogP contribution in [0.3, 0.4) is 0 Å². The molecular formula is C16H13F3N2O. The fourth-order valence-electron chi connectivity index (χ4n) is 1.73. The van der Waals surface area contributed by atoms with Crippen molar-refractivity contribution < 1.29 is 18.0 Å². The molecule has 114 valence electrons. The zero-order chi connectivity index (χ0) is 16.0. The molecule has 0 aliphatic heterocycles. The number of halogens is 3. The van der Waals surface area contributed by atoms with Crippen molar-refractivity contribution in [2.75, 3.05) is 0 Å². The van der Waals surface area contributed by atoms with Crippen LogP contribution in [-0.2, 0) is 17.5 Å². The Balaban J connectivity index is 1.95. The van der Waals surface area contributed by atoms with Gasteiger partial charge in [0.25, 0.3) is 0 Å². The lowest BCUT2D eigenvalue weighted by atomic mass is 10.1. The number of carbonyl (C=O) groups is 1. The van der Waals surface area contributed by atoms with Gasteiger partial charge >= 0.3 is 6.18 Å². The van der Waals surface area contributed by atoms with E-state index in [0.29, 0.717) is 11.3 Å². The number of hydrogen-bond donors (Lipinski definition) is 1. The number of nitrogens with zero attached hydrogens (tertiary/aromatic N) is 1. The molecule has 1 amide bonds. The molecule has 0 aliphatic rings. The van der Waals surface area contributed by atoms with Gasteiger partial charge < -0.3 is 5.32 Å². The van der Waals surface area contributed by atoms with Crippen LogP contribution in [0.25, 0.3) is 6.08 Å². The topological polar surface area (TPSA) is 42.0 Å². The second kappa shape index (κ2) is 6.89. The molecule has 0 spiro atoms. The molecule has 0 fully saturated rings. The molecule has 0 saturated heterocycles. The minimum Gasteiger partial charge on any atom is -0.347 e. The lowest BCUT2D eigenvalue weighted by Crippen LogP contribution is -2.20. The highest BCUT2D eigenvalue weighted by Crippen LogP contribution is 2.29. The molecule has 0 bridgehead atoms. The largest absolute Gasteiger partial charge is 0.416 e. The van der Waals surface area contributed by atoms with Gasteiger partial charge in [0.15, 0.2) is 0 Å². The summed E-state index contributed by atoms with van der Waals surface area (Å²) in [6.07, 6.45) is -0.257. The van der Waals surface area contributed by atoms with Gasteiger partial charge in [0.1, 0.15) is 0 Å². The number of amides is 1. The van der Waals surface area contributed by atoms with Crippen molar-refractivity contribution in [2.24, 2.45) is 0 Å². The summed E-state index contributed by atoms with van der Waals surface area (Å²) in [4.78, 5) is 15.7. The Morgan fingerprint density at radius 2 is 2.00 bits per heavy atom. The monoisotopic (exact) mass is 306 g/mol. The minimum atomic E-state index is -4.40. The Bertz CT molecular complexity index is 667. The minimum absolute atomic E-state index is 0.257. The third kappa shape index (κ3) is 4.73. The smallest absolute Gasteiger partial charge is 0.347 e. The maximum Gasteiger partial charge on any atom is 0.416 e. The van der Waals surface area contributed by atoms with Crippen molar-refractivity contribution in [1.29, 1.82) is 0 Å². The number of rotatable bonds is 4. The van der Waals surface area contributed by atoms with Crippen molar-refractivity contribution in [3.8, 4) is 0 Å². The van der Waals surface area contributed by atoms with Gasteiger partial charge in [0.05, 0.1) is 17.8 Å². The fraction of sp³-hybridized carbons (Fsp3) is 0.125. The van der Waals surface area contributed by atoms with Crippen LogP contribution in [0.1, 0.15) is 16.8 Å². The summed E-state index contributed by atoms with van der Waals surface area (Å²) in [5.74, 6) is -0.400. The van der Waals surface area contributed by atoms with E-state index in [2.05, 4.69) is 10.3 Å². The number of benzene rings is 1. The lowest BCUT2D eigenvalue weighted by Gasteiger charge is -2.06. The van der Waals surface area contributed by atoms with E-state index in [4.69, 9.17) is 0 Å². The van der Waals surface area contributed by atoms with Crippen molar-refractivity contribution in [1.82, 2.24) is 10.3 Å². The third-order valence-corrected chi connectivity index (χ3v) is 2.81. The van der Waals surface area contributed by atoms with Gasteiger partial charge in [-0.25, -0.2) is 0 Å². The van der Waals surface area contributed by atoms with Crippen molar-refractivity contribution in [3.05, 3.63) is 71.6 Å². The summed E-state index contributed by atoms with van der Waals surface area (Å²) in [7, 11) is 0. The van der Waals surface area contributed by atoms with Crippen molar-refractivity contribution >= 4 is 12.0 Å². The van der Waals surface area contributed by atoms with Gasteiger partial charge in [-0.1, -0.05) is 18.2 Å². The molecule has 2 rings (SSSR count). The molecular weight excluding hydrogens is 293 g/mol. The van der Waals surface area contributed by atoms with Crippen molar-refractivity contribution in [2.45, 2.75) is 12.7 Å². The number of carbonyl (C=O) groups excluding carboxylic acids is 1. The summed E-state index contributed by atoms with van der Waals surface area (Å²) >= 11 is 0. The second-order valence-electron chi connectivity index (χ2n) is 4.50. The highest BCUT2D eigenvalue weighted by Gasteiger charge is 2.30. The average molecular weight is 306 g/mol. The van der Waals surface area contributed by atoms with Gasteiger partial charge in [0.2, 0.25) is 5.91 Å². The molecule has 3 nitrogen and oxygen atoms in total. The molecule has 1 heterocycles. The highest BCUT2D eigenvalue weighted by atomic mass is 19.4. The van der Waals surface area contributed by atoms with Crippen LogP contribution in [0.5, 0.6) is 0 Å². The molecule has 0 unspecified atom stereocenters. The Morgan fingerprint density at radius 3 is 2.68 bits per heavy atom. The summed E-state index contributed by atoms with van der Waals surface area (Å²) in [6, 6.07) is 10.1. The molecule has 0 aliphatic carbocycles. The van der Waals surface area contributed by atoms with Crippen LogP contribution in [0.4, 0.5) is 13.2 Å². The maximum atomic E-state index is 12.6. The van der Waals surface area contributed by atoms with Gasteiger partial charge in [-0.3, -0.25) is 9.78 Å². The first-order valence-corrected chi connectivity index (χ1v) is 6.48. The van der Waals surface area contributed by atoms with Gasteiger partial charge in [-0.2, -0.15) is 13.2 Å². The van der Waals surface area contributed by atoms with E-state index in [-0.39, 0.29) is 6.54 Å². The number of nitrogens with one attached hydrogen (secondary N) is 1. The number of hydrogen-bond acceptors (Lipinski definition) is 2. The number of aromatic nitrogens is 1. The van der Waals surface area contributed by atoms with E-state index in [0.717, 1.165) is 12.1 Å². The zero-order valence-corrected chi connectivity index (χ0v) is 11.5. The molecule has 6 heteroatoms. The van der Waals surface area contributed by atoms with Crippen LogP contribution < -0.4 is 5.32 Å². The highest BCUT2D eigenvalue weighted by molar-refractivity contribution is 5.91. The quantitative estimate of drug-likeness (QED) is 0.879. The summed E-state index contributed by atoms with van der Waals surface area (Å²) < 4.78 is 37.7. The zero-order valence-electron chi connectivity index (χ0n) is 11.5. The van der Waals surface area contributed by atoms with E-state index in [9.17, 15) is 18.0 Å². The molecule has 0 saturated carbocycles. The van der Waals surface area contributed by atoms with Crippen LogP contribution >= 0.6 is 0 Å². The van der Waals surface area contributed by atoms with Crippen molar-refractivity contribution in [3.63, 3.8) is 0 Å². The Kier molecular flexibility index (Phi) is 4.93. The summed E-state index contributed by atoms with van der Waals surface area (Å²) in [5.41, 5.74) is 0.259. The van der Waals surface area contributed by atoms with Crippen LogP contribution in [0.15, 0.2) is 54.7 Å². The second-order valence-corrected chi connectivity index (χ2v) is 4.50. The molecule has 1 aromatic heterocycles. The first-order chi connectivity index (χ1) is 10.4. The van der Waals surface area contributed by atoms with Gasteiger partial charge in [-0.15, -0.1) is 0 Å². The predicted molar refractivity (Wildman–Crippen MR) is 76.6 cm³/mol. The summed E-state index contributed by atoms with van der Waals surface area (Å²) in [5, 5.41) is 2.60. The van der Waals surface area contributed by atoms with E-state index in [1.807, 2.05) is 0 Å². The Hall–Kier alpha value is -2.63. The SMILES string of the molecule is O=C(C=Cc1cccc(C(F)(F)F)c1)NCc1ccccn1. The van der Waals surface area contributed by atoms with Gasteiger partial charge in [-0.05, 0) is 35.9 Å². The van der Waals surface area contributed by atoms with E-state index in [1.54, 1.807) is 24.4 Å². The molecule has 1 N–H and O–H groups in total. The number of pyridine rings is 1. The Labute approximate surface area is 125 Å². The first-order valence-electron chi connectivity index (χ1n) is 6.48. The van der Waals surface area contributed by atoms with Gasteiger partial charge in [0, 0.05) is 12.3 Å². The fourth-order valence-corrected chi connectivity index (χ4v) is 1.73. The Morgan fingerprint density at radius 1 is 1.18 bits per heavy atom. The van der Waals surface area contributed by atoms with E-state index >= 15 is 0 Å². The number of alkyl halides is 3. The molecule has 22 heavy (non-hydrogen) atoms. The molecule has 0 radical (unpaired) electrons. The summed E-state index contributed by atoms with van der Waals surface area (Å²) in [6.45, 7) is 0.257. The molecule has 0 atom stereocenters. The van der Waals surface area contributed by atoms with Crippen LogP contribution in [0, 0.1) is 0 Å². The molecule has 1 aromatic carbocycles. The first kappa shape index (κ1) is 15.8. The van der Waals surface area contributed by atoms with Crippen LogP contribution in [0.2, 0.25) is 0 Å². The normalized spacial score (nSPS) is 11.6. The average Bonchev–Trinajstić information content (AvgIpc) is 2.51. The lowest BCUT2D eigenvalue weighted by molar-refractivity contribution is -0.137. The maximum absolute atomic E-state index is 12.6. The standard InChI is InChI=1S/C16H13F3N2O/c17-16(18,19)13-5-3-4-12(10-13)7-8-15(22)21-11-14-6-1-2-9-20-14/h1-10H,11H2,(H,21,22). The van der Waals surface area contributed by atoms with E-state index in [1.165, 1.54) is 24.3 Å². The van der Waals surface area contributed by atoms with Crippen LogP contribution in [-0.4, -0.2) is 10.9 Å². The third-order valence-electron chi connectivity index (χ3n) is 2.81. The van der Waals surface area contributed by atoms with E-state index < -0.39 is 17.6 Å². The molecule has 2 aromatic rings. The predicted octanol–water partition coefficient (Wildman–Crippen LogP) is 3.43.